The summed E-state index contributed by atoms with van der Waals surface area (Å²) in [7, 11) is 0. The molecule has 66 heavy (non-hydrogen) atoms. The van der Waals surface area contributed by atoms with Gasteiger partial charge in [0.1, 0.15) is 17.5 Å². The molecule has 3 heterocycles. The zero-order valence-corrected chi connectivity index (χ0v) is 40.2. The van der Waals surface area contributed by atoms with Crippen LogP contribution in [0.1, 0.15) is 77.0 Å². The summed E-state index contributed by atoms with van der Waals surface area (Å²) >= 11 is 0. The summed E-state index contributed by atoms with van der Waals surface area (Å²) in [5.41, 5.74) is 12.2. The first-order valence-corrected chi connectivity index (χ1v) is 22.2. The van der Waals surface area contributed by atoms with Crippen molar-refractivity contribution in [2.45, 2.75) is 65.7 Å². The van der Waals surface area contributed by atoms with Gasteiger partial charge in [-0.15, -0.1) is 53.6 Å². The minimum atomic E-state index is -0.632. The van der Waals surface area contributed by atoms with Crippen LogP contribution in [-0.4, -0.2) is 9.55 Å². The number of rotatable bonds is 9. The van der Waals surface area contributed by atoms with Gasteiger partial charge in [0, 0.05) is 73.0 Å². The molecule has 1 aliphatic rings. The summed E-state index contributed by atoms with van der Waals surface area (Å²) in [6.07, 6.45) is 1.88. The molecule has 0 spiro atoms. The van der Waals surface area contributed by atoms with Crippen molar-refractivity contribution in [2.75, 3.05) is 9.80 Å². The molecule has 8 heteroatoms. The number of aromatic nitrogens is 2. The number of ether oxygens (including phenoxy) is 1. The SMILES string of the molecule is CC(C)c1cccc(C(C)C)c1-c1cc(Oc2[c-]c3c(cc2)c2ccccc2n3-c2cc(C(C)(C)C)ccn2)[c-]c(N2[CH-]N(c3ccccc3-c3cc(F)cc(F)c3)c3ccccc32)c1.[Pt]. The molecule has 0 unspecified atom stereocenters. The molecule has 0 aliphatic carbocycles. The van der Waals surface area contributed by atoms with Crippen molar-refractivity contribution in [2.24, 2.45) is 0 Å². The van der Waals surface area contributed by atoms with E-state index in [1.165, 1.54) is 34.4 Å². The van der Waals surface area contributed by atoms with Crippen molar-refractivity contribution in [3.05, 3.63) is 199 Å². The predicted octanol–water partition coefficient (Wildman–Crippen LogP) is 16.1. The minimum Gasteiger partial charge on any atom is -0.509 e. The Hall–Kier alpha value is -6.56. The van der Waals surface area contributed by atoms with Crippen LogP contribution >= 0.6 is 0 Å². The summed E-state index contributed by atoms with van der Waals surface area (Å²) < 4.78 is 38.4. The summed E-state index contributed by atoms with van der Waals surface area (Å²) in [4.78, 5) is 9.06. The second kappa shape index (κ2) is 17.7. The molecule has 0 bridgehead atoms. The predicted molar refractivity (Wildman–Crippen MR) is 262 cm³/mol. The first-order valence-electron chi connectivity index (χ1n) is 22.2. The van der Waals surface area contributed by atoms with Crippen molar-refractivity contribution in [3.8, 4) is 39.6 Å². The molecule has 0 fully saturated rings. The summed E-state index contributed by atoms with van der Waals surface area (Å²) in [6, 6.07) is 54.4. The number of fused-ring (bicyclic) bond motifs is 4. The zero-order valence-electron chi connectivity index (χ0n) is 37.9. The van der Waals surface area contributed by atoms with Gasteiger partial charge < -0.3 is 19.1 Å². The van der Waals surface area contributed by atoms with Crippen LogP contribution in [0.3, 0.4) is 0 Å². The number of pyridine rings is 1. The maximum atomic E-state index is 14.7. The average molecular weight is 1050 g/mol. The summed E-state index contributed by atoms with van der Waals surface area (Å²) in [6.45, 7) is 17.6. The maximum absolute atomic E-state index is 14.7. The van der Waals surface area contributed by atoms with Crippen LogP contribution in [0.5, 0.6) is 11.5 Å². The standard InChI is InChI=1S/C58H49F2N4O.Pt/c1-36(2)46-17-14-18-47(37(3)4)57(46)39-29-43(62-35-63(54-22-13-12-21-53(54)62)51-19-10-8-15-48(51)38-27-41(59)32-42(60)28-38)33-45(30-39)65-44-23-24-50-49-16-9-11-20-52(49)64(55(50)34-44)56-31-40(25-26-61-56)58(5,6)7;/h8-32,35-37H,1-7H3;/q-3;. The van der Waals surface area contributed by atoms with Gasteiger partial charge in [0.25, 0.3) is 0 Å². The second-order valence-corrected chi connectivity index (χ2v) is 18.5. The van der Waals surface area contributed by atoms with Crippen LogP contribution in [0.15, 0.2) is 152 Å². The third-order valence-corrected chi connectivity index (χ3v) is 12.3. The summed E-state index contributed by atoms with van der Waals surface area (Å²) in [5, 5.41) is 2.15. The number of anilines is 4. The van der Waals surface area contributed by atoms with E-state index in [0.29, 0.717) is 22.6 Å². The fourth-order valence-corrected chi connectivity index (χ4v) is 9.17. The quantitative estimate of drug-likeness (QED) is 0.135. The van der Waals surface area contributed by atoms with Crippen LogP contribution < -0.4 is 14.5 Å². The van der Waals surface area contributed by atoms with Gasteiger partial charge >= 0.3 is 0 Å². The largest absolute Gasteiger partial charge is 0.509 e. The van der Waals surface area contributed by atoms with E-state index >= 15 is 0 Å². The minimum absolute atomic E-state index is 0. The molecule has 1 aliphatic heterocycles. The Morgan fingerprint density at radius 1 is 0.606 bits per heavy atom. The normalized spacial score (nSPS) is 12.7. The van der Waals surface area contributed by atoms with Crippen molar-refractivity contribution >= 4 is 44.6 Å². The summed E-state index contributed by atoms with van der Waals surface area (Å²) in [5.74, 6) is 1.12. The molecule has 0 saturated heterocycles. The molecule has 0 radical (unpaired) electrons. The number of benzene rings is 7. The third-order valence-electron chi connectivity index (χ3n) is 12.3. The fraction of sp³-hybridized carbons (Fsp3) is 0.172. The number of nitrogens with zero attached hydrogens (tertiary/aromatic N) is 4. The van der Waals surface area contributed by atoms with Crippen LogP contribution in [0.2, 0.25) is 0 Å². The molecule has 0 atom stereocenters. The molecule has 0 amide bonds. The Labute approximate surface area is 400 Å². The molecule has 0 N–H and O–H groups in total. The van der Waals surface area contributed by atoms with E-state index < -0.39 is 11.6 Å². The monoisotopic (exact) mass is 1050 g/mol. The van der Waals surface area contributed by atoms with Crippen LogP contribution in [0.4, 0.5) is 31.5 Å². The molecule has 10 rings (SSSR count). The smallest absolute Gasteiger partial charge is 0.135 e. The van der Waals surface area contributed by atoms with Gasteiger partial charge in [-0.2, -0.15) is 6.07 Å². The zero-order chi connectivity index (χ0) is 45.1. The molecule has 5 nitrogen and oxygen atoms in total. The van der Waals surface area contributed by atoms with E-state index in [-0.39, 0.29) is 38.3 Å². The van der Waals surface area contributed by atoms with Crippen LogP contribution in [0.25, 0.3) is 49.9 Å². The van der Waals surface area contributed by atoms with E-state index in [0.717, 1.165) is 62.0 Å². The number of hydrogen-bond acceptors (Lipinski definition) is 4. The number of para-hydroxylation sites is 4. The van der Waals surface area contributed by atoms with E-state index in [9.17, 15) is 8.78 Å². The van der Waals surface area contributed by atoms with Crippen LogP contribution in [0, 0.1) is 30.4 Å². The topological polar surface area (TPSA) is 33.5 Å². The Kier molecular flexibility index (Phi) is 12.0. The molecular weight excluding hydrogens is 1000 g/mol. The molecule has 7 aromatic carbocycles. The third kappa shape index (κ3) is 8.19. The van der Waals surface area contributed by atoms with Crippen molar-refractivity contribution in [1.29, 1.82) is 0 Å². The maximum Gasteiger partial charge on any atom is 0.135 e. The Morgan fingerprint density at radius 3 is 1.95 bits per heavy atom. The van der Waals surface area contributed by atoms with Crippen LogP contribution in [-0.2, 0) is 26.5 Å². The van der Waals surface area contributed by atoms with Crippen molar-refractivity contribution in [1.82, 2.24) is 9.55 Å². The van der Waals surface area contributed by atoms with E-state index in [4.69, 9.17) is 9.72 Å². The van der Waals surface area contributed by atoms with Gasteiger partial charge in [-0.1, -0.05) is 121 Å². The molecular formula is C58H49F2N4OPt-3. The number of halogens is 2. The molecule has 334 valence electrons. The van der Waals surface area contributed by atoms with E-state index in [1.807, 2.05) is 55.3 Å². The molecule has 2 aromatic heterocycles. The second-order valence-electron chi connectivity index (χ2n) is 18.5. The van der Waals surface area contributed by atoms with E-state index in [2.05, 4.69) is 160 Å². The van der Waals surface area contributed by atoms with Gasteiger partial charge in [-0.3, -0.25) is 0 Å². The van der Waals surface area contributed by atoms with Gasteiger partial charge in [0.05, 0.1) is 0 Å². The Balaban J connectivity index is 0.00000548. The first-order chi connectivity index (χ1) is 31.3. The van der Waals surface area contributed by atoms with Gasteiger partial charge in [0.15, 0.2) is 0 Å². The van der Waals surface area contributed by atoms with E-state index in [1.54, 1.807) is 0 Å². The molecule has 9 aromatic rings. The first kappa shape index (κ1) is 44.6. The van der Waals surface area contributed by atoms with Gasteiger partial charge in [-0.25, -0.2) is 13.8 Å². The number of hydrogen-bond donors (Lipinski definition) is 0. The Bertz CT molecular complexity index is 3230. The van der Waals surface area contributed by atoms with Gasteiger partial charge in [-0.05, 0) is 99.0 Å². The fourth-order valence-electron chi connectivity index (χ4n) is 9.17. The average Bonchev–Trinajstić information content (AvgIpc) is 3.84. The van der Waals surface area contributed by atoms with Gasteiger partial charge in [0.2, 0.25) is 0 Å². The van der Waals surface area contributed by atoms with Crippen molar-refractivity contribution in [3.63, 3.8) is 0 Å². The molecule has 0 saturated carbocycles. The van der Waals surface area contributed by atoms with Crippen molar-refractivity contribution < 1.29 is 34.6 Å². The Morgan fingerprint density at radius 2 is 1.26 bits per heavy atom.